The van der Waals surface area contributed by atoms with Gasteiger partial charge in [0.2, 0.25) is 0 Å². The second kappa shape index (κ2) is 5.89. The molecule has 0 N–H and O–H groups in total. The van der Waals surface area contributed by atoms with E-state index in [-0.39, 0.29) is 18.1 Å². The van der Waals surface area contributed by atoms with Crippen LogP contribution < -0.4 is 4.74 Å². The molecule has 1 amide bonds. The van der Waals surface area contributed by atoms with Crippen molar-refractivity contribution in [3.63, 3.8) is 0 Å². The fraction of sp³-hybridized carbons (Fsp3) is 0.294. The molecule has 3 rings (SSSR count). The predicted octanol–water partition coefficient (Wildman–Crippen LogP) is 4.00. The van der Waals surface area contributed by atoms with Crippen molar-refractivity contribution >= 4 is 40.3 Å². The minimum absolute atomic E-state index is 0.0167. The number of nitrogens with zero attached hydrogens (tertiary/aromatic N) is 1. The number of rotatable bonds is 2. The lowest BCUT2D eigenvalue weighted by atomic mass is 10.0. The molecular weight excluding hydrogens is 314 g/mol. The van der Waals surface area contributed by atoms with Gasteiger partial charge in [0.15, 0.2) is 0 Å². The molecule has 0 bridgehead atoms. The highest BCUT2D eigenvalue weighted by Crippen LogP contribution is 2.36. The van der Waals surface area contributed by atoms with Crippen LogP contribution >= 0.6 is 24.0 Å². The van der Waals surface area contributed by atoms with Crippen LogP contribution in [0.1, 0.15) is 26.3 Å². The number of carbonyl (C=O) groups is 1. The Labute approximate surface area is 140 Å². The van der Waals surface area contributed by atoms with Crippen LogP contribution in [-0.2, 0) is 4.79 Å². The molecule has 0 saturated carbocycles. The number of amides is 1. The van der Waals surface area contributed by atoms with E-state index in [0.717, 1.165) is 16.9 Å². The van der Waals surface area contributed by atoms with Gasteiger partial charge in [-0.2, -0.15) is 0 Å². The maximum Gasteiger partial charge on any atom is 0.266 e. The molecule has 1 aromatic rings. The SMILES string of the molecule is CC(C)N1C(=O)/C(=C/C2=Cc3ccccc3O[C@H]2C)SC1=S. The first-order valence-corrected chi connectivity index (χ1v) is 8.44. The van der Waals surface area contributed by atoms with Crippen molar-refractivity contribution in [1.82, 2.24) is 4.90 Å². The third-order valence-corrected chi connectivity index (χ3v) is 4.98. The zero-order valence-corrected chi connectivity index (χ0v) is 14.3. The summed E-state index contributed by atoms with van der Waals surface area (Å²) in [5.74, 6) is 0.860. The number of thiocarbonyl (C=S) groups is 1. The summed E-state index contributed by atoms with van der Waals surface area (Å²) in [5.41, 5.74) is 2.02. The van der Waals surface area contributed by atoms with Gasteiger partial charge in [-0.1, -0.05) is 42.2 Å². The number of thioether (sulfide) groups is 1. The van der Waals surface area contributed by atoms with Crippen LogP contribution in [0.5, 0.6) is 5.75 Å². The molecule has 1 saturated heterocycles. The normalized spacial score (nSPS) is 22.9. The highest BCUT2D eigenvalue weighted by atomic mass is 32.2. The standard InChI is InChI=1S/C17H17NO2S2/c1-10(2)18-16(19)15(22-17(18)21)9-13-8-12-6-4-5-7-14(12)20-11(13)3/h4-11H,1-3H3/b15-9-/t11-/m0/s1. The Balaban J connectivity index is 1.94. The lowest BCUT2D eigenvalue weighted by molar-refractivity contribution is -0.123. The largest absolute Gasteiger partial charge is 0.485 e. The van der Waals surface area contributed by atoms with Gasteiger partial charge in [-0.05, 0) is 44.6 Å². The number of ether oxygens (including phenoxy) is 1. The number of para-hydroxylation sites is 1. The van der Waals surface area contributed by atoms with Gasteiger partial charge in [0.25, 0.3) is 5.91 Å². The Morgan fingerprint density at radius 3 is 2.77 bits per heavy atom. The third kappa shape index (κ3) is 2.71. The fourth-order valence-corrected chi connectivity index (χ4v) is 4.02. The van der Waals surface area contributed by atoms with Gasteiger partial charge in [-0.25, -0.2) is 0 Å². The Kier molecular flexibility index (Phi) is 4.10. The van der Waals surface area contributed by atoms with E-state index in [1.54, 1.807) is 4.90 Å². The maximum atomic E-state index is 12.5. The van der Waals surface area contributed by atoms with Crippen LogP contribution in [0.4, 0.5) is 0 Å². The molecule has 1 fully saturated rings. The van der Waals surface area contributed by atoms with Crippen molar-refractivity contribution in [3.05, 3.63) is 46.4 Å². The lowest BCUT2D eigenvalue weighted by Gasteiger charge is -2.23. The Bertz CT molecular complexity index is 706. The second-order valence-electron chi connectivity index (χ2n) is 5.59. The van der Waals surface area contributed by atoms with Gasteiger partial charge in [-0.15, -0.1) is 0 Å². The summed E-state index contributed by atoms with van der Waals surface area (Å²) in [7, 11) is 0. The van der Waals surface area contributed by atoms with Crippen molar-refractivity contribution in [2.45, 2.75) is 32.9 Å². The fourth-order valence-electron chi connectivity index (χ4n) is 2.50. The topological polar surface area (TPSA) is 29.5 Å². The average molecular weight is 331 g/mol. The summed E-state index contributed by atoms with van der Waals surface area (Å²) in [6.07, 6.45) is 3.89. The van der Waals surface area contributed by atoms with Crippen LogP contribution in [0, 0.1) is 0 Å². The van der Waals surface area contributed by atoms with E-state index in [4.69, 9.17) is 17.0 Å². The number of hydrogen-bond acceptors (Lipinski definition) is 4. The van der Waals surface area contributed by atoms with Crippen LogP contribution in [0.2, 0.25) is 0 Å². The van der Waals surface area contributed by atoms with Gasteiger partial charge < -0.3 is 4.74 Å². The van der Waals surface area contributed by atoms with Gasteiger partial charge in [0, 0.05) is 11.6 Å². The van der Waals surface area contributed by atoms with Crippen LogP contribution in [0.15, 0.2) is 40.8 Å². The van der Waals surface area contributed by atoms with E-state index in [1.165, 1.54) is 11.8 Å². The molecule has 2 aliphatic rings. The molecule has 1 atom stereocenters. The summed E-state index contributed by atoms with van der Waals surface area (Å²) in [5, 5.41) is 0. The highest BCUT2D eigenvalue weighted by molar-refractivity contribution is 8.26. The molecule has 1 aromatic carbocycles. The Hall–Kier alpha value is -1.59. The number of benzene rings is 1. The molecule has 2 aliphatic heterocycles. The lowest BCUT2D eigenvalue weighted by Crippen LogP contribution is -2.34. The summed E-state index contributed by atoms with van der Waals surface area (Å²) >= 11 is 6.67. The van der Waals surface area contributed by atoms with Crippen LogP contribution in [-0.4, -0.2) is 27.3 Å². The third-order valence-electron chi connectivity index (χ3n) is 3.65. The van der Waals surface area contributed by atoms with Gasteiger partial charge in [-0.3, -0.25) is 9.69 Å². The molecule has 0 aromatic heterocycles. The van der Waals surface area contributed by atoms with E-state index in [9.17, 15) is 4.79 Å². The minimum Gasteiger partial charge on any atom is -0.485 e. The minimum atomic E-state index is -0.0857. The zero-order valence-electron chi connectivity index (χ0n) is 12.7. The Morgan fingerprint density at radius 2 is 2.09 bits per heavy atom. The maximum absolute atomic E-state index is 12.5. The van der Waals surface area contributed by atoms with E-state index in [1.807, 2.05) is 51.1 Å². The molecule has 0 spiro atoms. The van der Waals surface area contributed by atoms with E-state index in [0.29, 0.717) is 9.23 Å². The first kappa shape index (κ1) is 15.3. The van der Waals surface area contributed by atoms with Crippen molar-refractivity contribution in [1.29, 1.82) is 0 Å². The molecule has 5 heteroatoms. The zero-order chi connectivity index (χ0) is 15.9. The smallest absolute Gasteiger partial charge is 0.266 e. The summed E-state index contributed by atoms with van der Waals surface area (Å²) in [6, 6.07) is 7.97. The van der Waals surface area contributed by atoms with Crippen LogP contribution in [0.25, 0.3) is 6.08 Å². The van der Waals surface area contributed by atoms with Gasteiger partial charge >= 0.3 is 0 Å². The first-order valence-electron chi connectivity index (χ1n) is 7.21. The quantitative estimate of drug-likeness (QED) is 0.605. The summed E-state index contributed by atoms with van der Waals surface area (Å²) in [6.45, 7) is 5.92. The summed E-state index contributed by atoms with van der Waals surface area (Å²) in [4.78, 5) is 14.8. The van der Waals surface area contributed by atoms with Crippen molar-refractivity contribution < 1.29 is 9.53 Å². The van der Waals surface area contributed by atoms with Crippen molar-refractivity contribution in [2.75, 3.05) is 0 Å². The summed E-state index contributed by atoms with van der Waals surface area (Å²) < 4.78 is 6.53. The first-order chi connectivity index (χ1) is 10.5. The molecule has 3 nitrogen and oxygen atoms in total. The second-order valence-corrected chi connectivity index (χ2v) is 7.26. The Morgan fingerprint density at radius 1 is 1.36 bits per heavy atom. The van der Waals surface area contributed by atoms with Gasteiger partial charge in [0.1, 0.15) is 16.2 Å². The number of fused-ring (bicyclic) bond motifs is 1. The van der Waals surface area contributed by atoms with Gasteiger partial charge in [0.05, 0.1) is 4.91 Å². The van der Waals surface area contributed by atoms with E-state index >= 15 is 0 Å². The van der Waals surface area contributed by atoms with Crippen LogP contribution in [0.3, 0.4) is 0 Å². The van der Waals surface area contributed by atoms with E-state index < -0.39 is 0 Å². The molecule has 0 aliphatic carbocycles. The molecule has 0 radical (unpaired) electrons. The average Bonchev–Trinajstić information content (AvgIpc) is 2.74. The van der Waals surface area contributed by atoms with Crippen molar-refractivity contribution in [2.24, 2.45) is 0 Å². The molecule has 0 unspecified atom stereocenters. The van der Waals surface area contributed by atoms with E-state index in [2.05, 4.69) is 6.08 Å². The highest BCUT2D eigenvalue weighted by Gasteiger charge is 2.34. The monoisotopic (exact) mass is 331 g/mol. The number of carbonyl (C=O) groups excluding carboxylic acids is 1. The molecule has 22 heavy (non-hydrogen) atoms. The molecular formula is C17H17NO2S2. The molecule has 2 heterocycles. The predicted molar refractivity (Wildman–Crippen MR) is 94.8 cm³/mol. The molecule has 114 valence electrons. The number of hydrogen-bond donors (Lipinski definition) is 0. The van der Waals surface area contributed by atoms with Crippen molar-refractivity contribution in [3.8, 4) is 5.75 Å².